The molecule has 3 aliphatic heterocycles. The van der Waals surface area contributed by atoms with Crippen LogP contribution in [-0.4, -0.2) is 35.6 Å². The second kappa shape index (κ2) is 4.42. The first-order chi connectivity index (χ1) is 8.22. The zero-order valence-corrected chi connectivity index (χ0v) is 10.6. The van der Waals surface area contributed by atoms with Crippen molar-refractivity contribution in [1.29, 1.82) is 0 Å². The number of nitrogens with zero attached hydrogens (tertiary/aromatic N) is 2. The van der Waals surface area contributed by atoms with Crippen LogP contribution in [0.15, 0.2) is 10.6 Å². The van der Waals surface area contributed by atoms with E-state index in [1.54, 1.807) is 6.20 Å². The molecule has 0 amide bonds. The first kappa shape index (κ1) is 11.2. The molecule has 2 bridgehead atoms. The number of nitrogens with one attached hydrogen (secondary N) is 1. The lowest BCUT2D eigenvalue weighted by molar-refractivity contribution is 0.0662. The zero-order valence-electron chi connectivity index (χ0n) is 10.6. The van der Waals surface area contributed by atoms with Gasteiger partial charge in [0.15, 0.2) is 0 Å². The smallest absolute Gasteiger partial charge is 0.211 e. The SMILES string of the molecule is Cc1cnc(C(C)NC2CN3CCC2CC3)o1. The predicted octanol–water partition coefficient (Wildman–Crippen LogP) is 1.73. The fourth-order valence-electron chi connectivity index (χ4n) is 3.12. The van der Waals surface area contributed by atoms with Gasteiger partial charge in [-0.25, -0.2) is 4.98 Å². The molecule has 0 spiro atoms. The van der Waals surface area contributed by atoms with Crippen molar-refractivity contribution in [3.63, 3.8) is 0 Å². The van der Waals surface area contributed by atoms with E-state index in [-0.39, 0.29) is 6.04 Å². The second-order valence-corrected chi connectivity index (χ2v) is 5.44. The van der Waals surface area contributed by atoms with E-state index in [1.807, 2.05) is 6.92 Å². The lowest BCUT2D eigenvalue weighted by atomic mass is 9.84. The van der Waals surface area contributed by atoms with Gasteiger partial charge in [0.05, 0.1) is 12.2 Å². The minimum Gasteiger partial charge on any atom is -0.444 e. The van der Waals surface area contributed by atoms with Crippen molar-refractivity contribution in [2.75, 3.05) is 19.6 Å². The summed E-state index contributed by atoms with van der Waals surface area (Å²) in [6, 6.07) is 0.828. The Labute approximate surface area is 102 Å². The molecule has 1 aromatic rings. The molecule has 1 N–H and O–H groups in total. The van der Waals surface area contributed by atoms with Gasteiger partial charge in [0.1, 0.15) is 5.76 Å². The fourth-order valence-corrected chi connectivity index (χ4v) is 3.12. The van der Waals surface area contributed by atoms with Crippen molar-refractivity contribution in [3.8, 4) is 0 Å². The van der Waals surface area contributed by atoms with Crippen LogP contribution in [0.25, 0.3) is 0 Å². The zero-order chi connectivity index (χ0) is 11.8. The Morgan fingerprint density at radius 1 is 1.47 bits per heavy atom. The highest BCUT2D eigenvalue weighted by atomic mass is 16.4. The van der Waals surface area contributed by atoms with Crippen LogP contribution >= 0.6 is 0 Å². The molecule has 4 heteroatoms. The first-order valence-corrected chi connectivity index (χ1v) is 6.63. The molecule has 4 nitrogen and oxygen atoms in total. The van der Waals surface area contributed by atoms with Crippen molar-refractivity contribution in [2.24, 2.45) is 5.92 Å². The van der Waals surface area contributed by atoms with Gasteiger partial charge in [0, 0.05) is 12.6 Å². The quantitative estimate of drug-likeness (QED) is 0.866. The van der Waals surface area contributed by atoms with Crippen LogP contribution in [0.2, 0.25) is 0 Å². The summed E-state index contributed by atoms with van der Waals surface area (Å²) in [4.78, 5) is 6.86. The highest BCUT2D eigenvalue weighted by molar-refractivity contribution is 4.98. The third kappa shape index (κ3) is 2.24. The Morgan fingerprint density at radius 2 is 2.24 bits per heavy atom. The number of fused-ring (bicyclic) bond motifs is 3. The molecule has 3 fully saturated rings. The van der Waals surface area contributed by atoms with E-state index in [1.165, 1.54) is 32.5 Å². The topological polar surface area (TPSA) is 41.3 Å². The maximum absolute atomic E-state index is 5.58. The van der Waals surface area contributed by atoms with Gasteiger partial charge in [0.25, 0.3) is 0 Å². The van der Waals surface area contributed by atoms with Crippen molar-refractivity contribution < 1.29 is 4.42 Å². The Hall–Kier alpha value is -0.870. The summed E-state index contributed by atoms with van der Waals surface area (Å²) in [5, 5.41) is 3.68. The average molecular weight is 235 g/mol. The normalized spacial score (nSPS) is 33.9. The maximum atomic E-state index is 5.58. The van der Waals surface area contributed by atoms with E-state index in [2.05, 4.69) is 22.1 Å². The number of aryl methyl sites for hydroxylation is 1. The Balaban J connectivity index is 1.63. The van der Waals surface area contributed by atoms with Crippen LogP contribution < -0.4 is 5.32 Å². The molecule has 17 heavy (non-hydrogen) atoms. The lowest BCUT2D eigenvalue weighted by Crippen LogP contribution is -2.56. The van der Waals surface area contributed by atoms with Gasteiger partial charge in [-0.05, 0) is 45.7 Å². The summed E-state index contributed by atoms with van der Waals surface area (Å²) >= 11 is 0. The van der Waals surface area contributed by atoms with Crippen LogP contribution in [-0.2, 0) is 0 Å². The van der Waals surface area contributed by atoms with Crippen LogP contribution in [0, 0.1) is 12.8 Å². The van der Waals surface area contributed by atoms with Crippen molar-refractivity contribution in [1.82, 2.24) is 15.2 Å². The summed E-state index contributed by atoms with van der Waals surface area (Å²) in [5.41, 5.74) is 0. The lowest BCUT2D eigenvalue weighted by Gasteiger charge is -2.45. The largest absolute Gasteiger partial charge is 0.444 e. The van der Waals surface area contributed by atoms with Gasteiger partial charge in [0.2, 0.25) is 5.89 Å². The van der Waals surface area contributed by atoms with Crippen LogP contribution in [0.4, 0.5) is 0 Å². The first-order valence-electron chi connectivity index (χ1n) is 6.63. The fraction of sp³-hybridized carbons (Fsp3) is 0.769. The van der Waals surface area contributed by atoms with Gasteiger partial charge in [-0.2, -0.15) is 0 Å². The third-order valence-electron chi connectivity index (χ3n) is 4.13. The monoisotopic (exact) mass is 235 g/mol. The summed E-state index contributed by atoms with van der Waals surface area (Å²) in [5.74, 6) is 2.56. The number of rotatable bonds is 3. The van der Waals surface area contributed by atoms with Crippen molar-refractivity contribution in [3.05, 3.63) is 17.8 Å². The molecule has 4 rings (SSSR count). The second-order valence-electron chi connectivity index (χ2n) is 5.44. The highest BCUT2D eigenvalue weighted by Gasteiger charge is 2.35. The molecule has 0 aromatic carbocycles. The highest BCUT2D eigenvalue weighted by Crippen LogP contribution is 2.29. The van der Waals surface area contributed by atoms with Crippen LogP contribution in [0.5, 0.6) is 0 Å². The van der Waals surface area contributed by atoms with E-state index in [0.717, 1.165) is 17.6 Å². The van der Waals surface area contributed by atoms with Gasteiger partial charge in [-0.15, -0.1) is 0 Å². The van der Waals surface area contributed by atoms with E-state index in [9.17, 15) is 0 Å². The summed E-state index contributed by atoms with van der Waals surface area (Å²) in [6.45, 7) is 7.85. The molecule has 0 saturated carbocycles. The summed E-state index contributed by atoms with van der Waals surface area (Å²) in [6.07, 6.45) is 4.48. The Kier molecular flexibility index (Phi) is 2.92. The van der Waals surface area contributed by atoms with E-state index >= 15 is 0 Å². The minimum atomic E-state index is 0.217. The number of oxazole rings is 1. The molecular formula is C13H21N3O. The number of hydrogen-bond acceptors (Lipinski definition) is 4. The van der Waals surface area contributed by atoms with Crippen molar-refractivity contribution >= 4 is 0 Å². The molecule has 94 valence electrons. The molecule has 0 aliphatic carbocycles. The van der Waals surface area contributed by atoms with Gasteiger partial charge in [-0.1, -0.05) is 0 Å². The van der Waals surface area contributed by atoms with E-state index in [0.29, 0.717) is 6.04 Å². The predicted molar refractivity (Wildman–Crippen MR) is 65.7 cm³/mol. The number of aromatic nitrogens is 1. The molecule has 3 aliphatic rings. The number of piperidine rings is 3. The molecular weight excluding hydrogens is 214 g/mol. The van der Waals surface area contributed by atoms with Gasteiger partial charge in [-0.3, -0.25) is 0 Å². The van der Waals surface area contributed by atoms with Gasteiger partial charge >= 0.3 is 0 Å². The maximum Gasteiger partial charge on any atom is 0.211 e. The Morgan fingerprint density at radius 3 is 2.76 bits per heavy atom. The summed E-state index contributed by atoms with van der Waals surface area (Å²) < 4.78 is 5.58. The summed E-state index contributed by atoms with van der Waals surface area (Å²) in [7, 11) is 0. The van der Waals surface area contributed by atoms with Crippen molar-refractivity contribution in [2.45, 2.75) is 38.8 Å². The van der Waals surface area contributed by atoms with Crippen LogP contribution in [0.3, 0.4) is 0 Å². The van der Waals surface area contributed by atoms with E-state index in [4.69, 9.17) is 4.42 Å². The van der Waals surface area contributed by atoms with Crippen LogP contribution in [0.1, 0.15) is 37.5 Å². The average Bonchev–Trinajstić information content (AvgIpc) is 2.77. The molecule has 4 heterocycles. The standard InChI is InChI=1S/C13H21N3O/c1-9-7-14-13(17-9)10(2)15-12-8-16-5-3-11(12)4-6-16/h7,10-12,15H,3-6,8H2,1-2H3. The molecule has 3 saturated heterocycles. The number of hydrogen-bond donors (Lipinski definition) is 1. The van der Waals surface area contributed by atoms with E-state index < -0.39 is 0 Å². The Bertz CT molecular complexity index is 382. The molecule has 1 aromatic heterocycles. The molecule has 2 unspecified atom stereocenters. The minimum absolute atomic E-state index is 0.217. The third-order valence-corrected chi connectivity index (χ3v) is 4.13. The molecule has 2 atom stereocenters. The molecule has 0 radical (unpaired) electrons. The van der Waals surface area contributed by atoms with Gasteiger partial charge < -0.3 is 14.6 Å².